The highest BCUT2D eigenvalue weighted by Crippen LogP contribution is 2.50. The number of ketones is 3. The Labute approximate surface area is 191 Å². The van der Waals surface area contributed by atoms with E-state index in [0.29, 0.717) is 6.54 Å². The van der Waals surface area contributed by atoms with Gasteiger partial charge >= 0.3 is 0 Å². The molecule has 8 heteroatoms. The fourth-order valence-corrected chi connectivity index (χ4v) is 4.86. The highest BCUT2D eigenvalue weighted by atomic mass is 16.3. The van der Waals surface area contributed by atoms with Gasteiger partial charge in [0.2, 0.25) is 0 Å². The second kappa shape index (κ2) is 8.37. The van der Waals surface area contributed by atoms with Crippen molar-refractivity contribution in [3.05, 3.63) is 57.6 Å². The summed E-state index contributed by atoms with van der Waals surface area (Å²) in [7, 11) is 3.89. The van der Waals surface area contributed by atoms with Crippen LogP contribution in [0.15, 0.2) is 24.3 Å². The number of benzene rings is 2. The number of rotatable bonds is 6. The average Bonchev–Trinajstić information content (AvgIpc) is 2.77. The molecule has 2 atom stereocenters. The van der Waals surface area contributed by atoms with Gasteiger partial charge in [-0.1, -0.05) is 24.3 Å². The molecular weight excluding hydrogens is 424 g/mol. The maximum absolute atomic E-state index is 13.2. The van der Waals surface area contributed by atoms with Crippen LogP contribution in [-0.2, 0) is 11.2 Å². The van der Waals surface area contributed by atoms with Gasteiger partial charge in [0, 0.05) is 41.1 Å². The zero-order valence-electron chi connectivity index (χ0n) is 18.9. The molecule has 2 aliphatic rings. The minimum Gasteiger partial charge on any atom is -0.507 e. The lowest BCUT2D eigenvalue weighted by atomic mass is 9.71. The van der Waals surface area contributed by atoms with Crippen molar-refractivity contribution in [3.63, 3.8) is 0 Å². The molecule has 0 radical (unpaired) electrons. The van der Waals surface area contributed by atoms with Gasteiger partial charge in [-0.3, -0.25) is 14.4 Å². The predicted molar refractivity (Wildman–Crippen MR) is 121 cm³/mol. The first-order valence-corrected chi connectivity index (χ1v) is 11.0. The molecular formula is C25H28N2O6. The molecule has 0 saturated carbocycles. The first-order chi connectivity index (χ1) is 15.6. The highest BCUT2D eigenvalue weighted by molar-refractivity contribution is 6.30. The maximum atomic E-state index is 13.2. The van der Waals surface area contributed by atoms with E-state index in [2.05, 4.69) is 5.32 Å². The molecule has 0 aliphatic heterocycles. The van der Waals surface area contributed by atoms with Crippen LogP contribution < -0.4 is 5.32 Å². The largest absolute Gasteiger partial charge is 0.507 e. The molecule has 0 bridgehead atoms. The number of phenols is 2. The smallest absolute Gasteiger partial charge is 0.198 e. The number of hydrogen-bond donors (Lipinski definition) is 4. The van der Waals surface area contributed by atoms with Crippen LogP contribution in [0.2, 0.25) is 0 Å². The number of carbonyl (C=O) groups excluding carboxylic acids is 3. The van der Waals surface area contributed by atoms with E-state index in [9.17, 15) is 29.7 Å². The Morgan fingerprint density at radius 1 is 1.09 bits per heavy atom. The van der Waals surface area contributed by atoms with Crippen LogP contribution in [0.5, 0.6) is 11.5 Å². The highest BCUT2D eigenvalue weighted by Gasteiger charge is 2.47. The summed E-state index contributed by atoms with van der Waals surface area (Å²) in [6, 6.07) is 5.56. The first-order valence-electron chi connectivity index (χ1n) is 11.0. The molecule has 4 rings (SSSR count). The summed E-state index contributed by atoms with van der Waals surface area (Å²) in [5.74, 6) is -2.46. The van der Waals surface area contributed by atoms with Gasteiger partial charge in [0.15, 0.2) is 17.3 Å². The molecule has 0 saturated heterocycles. The van der Waals surface area contributed by atoms with Crippen molar-refractivity contribution >= 4 is 17.3 Å². The molecule has 0 fully saturated rings. The number of fused-ring (bicyclic) bond motifs is 3. The summed E-state index contributed by atoms with van der Waals surface area (Å²) in [5.41, 5.74) is -1.62. The molecule has 4 N–H and O–H groups in total. The molecule has 0 heterocycles. The van der Waals surface area contributed by atoms with E-state index in [4.69, 9.17) is 0 Å². The average molecular weight is 453 g/mol. The summed E-state index contributed by atoms with van der Waals surface area (Å²) < 4.78 is 0. The number of aliphatic hydroxyl groups is 1. The Balaban J connectivity index is 1.87. The van der Waals surface area contributed by atoms with Crippen LogP contribution in [0.3, 0.4) is 0 Å². The first kappa shape index (κ1) is 23.1. The third-order valence-electron chi connectivity index (χ3n) is 6.65. The minimum absolute atomic E-state index is 0.0260. The Kier molecular flexibility index (Phi) is 5.86. The number of hydrogen-bond acceptors (Lipinski definition) is 8. The molecule has 174 valence electrons. The molecule has 2 aliphatic carbocycles. The van der Waals surface area contributed by atoms with Gasteiger partial charge in [0.05, 0.1) is 11.1 Å². The summed E-state index contributed by atoms with van der Waals surface area (Å²) in [4.78, 5) is 40.8. The summed E-state index contributed by atoms with van der Waals surface area (Å²) in [6.45, 7) is 2.59. The van der Waals surface area contributed by atoms with Gasteiger partial charge in [-0.05, 0) is 40.5 Å². The van der Waals surface area contributed by atoms with E-state index < -0.39 is 34.7 Å². The van der Waals surface area contributed by atoms with Gasteiger partial charge in [0.25, 0.3) is 0 Å². The van der Waals surface area contributed by atoms with E-state index in [1.165, 1.54) is 19.1 Å². The summed E-state index contributed by atoms with van der Waals surface area (Å²) in [5, 5.41) is 36.7. The molecule has 33 heavy (non-hydrogen) atoms. The second-order valence-corrected chi connectivity index (χ2v) is 9.18. The quantitative estimate of drug-likeness (QED) is 0.329. The molecule has 0 aromatic heterocycles. The standard InChI is InChI=1S/C25H28N2O6/c1-13(28)25(33)11-16-18(17(12-25)26-9-6-10-27(2)3)24(32)20-19(23(16)31)21(29)14-7-4-5-8-15(14)22(20)30/h4-5,7-8,17,26,31-33H,6,9-12H2,1-3H3. The van der Waals surface area contributed by atoms with Crippen LogP contribution in [0.1, 0.15) is 68.8 Å². The van der Waals surface area contributed by atoms with Gasteiger partial charge < -0.3 is 25.5 Å². The van der Waals surface area contributed by atoms with Crippen molar-refractivity contribution in [2.24, 2.45) is 0 Å². The number of phenolic OH excluding ortho intramolecular Hbond substituents is 2. The summed E-state index contributed by atoms with van der Waals surface area (Å²) >= 11 is 0. The van der Waals surface area contributed by atoms with Crippen molar-refractivity contribution in [2.45, 2.75) is 37.8 Å². The van der Waals surface area contributed by atoms with Crippen molar-refractivity contribution in [3.8, 4) is 11.5 Å². The number of nitrogens with one attached hydrogen (secondary N) is 1. The fourth-order valence-electron chi connectivity index (χ4n) is 4.86. The van der Waals surface area contributed by atoms with Crippen LogP contribution in [-0.4, -0.2) is 70.4 Å². The van der Waals surface area contributed by atoms with E-state index in [-0.39, 0.29) is 52.0 Å². The maximum Gasteiger partial charge on any atom is 0.198 e. The van der Waals surface area contributed by atoms with Gasteiger partial charge in [-0.25, -0.2) is 0 Å². The van der Waals surface area contributed by atoms with Crippen LogP contribution in [0, 0.1) is 0 Å². The normalized spacial score (nSPS) is 21.5. The van der Waals surface area contributed by atoms with E-state index in [0.717, 1.165) is 13.0 Å². The Morgan fingerprint density at radius 2 is 1.67 bits per heavy atom. The van der Waals surface area contributed by atoms with Crippen LogP contribution >= 0.6 is 0 Å². The summed E-state index contributed by atoms with van der Waals surface area (Å²) in [6.07, 6.45) is 0.477. The lowest BCUT2D eigenvalue weighted by Crippen LogP contribution is -2.47. The van der Waals surface area contributed by atoms with Crippen molar-refractivity contribution in [2.75, 3.05) is 27.2 Å². The zero-order chi connectivity index (χ0) is 24.1. The lowest BCUT2D eigenvalue weighted by molar-refractivity contribution is -0.137. The van der Waals surface area contributed by atoms with Crippen molar-refractivity contribution < 1.29 is 29.7 Å². The number of aromatic hydroxyl groups is 2. The Bertz CT molecular complexity index is 1170. The zero-order valence-corrected chi connectivity index (χ0v) is 18.9. The third-order valence-corrected chi connectivity index (χ3v) is 6.65. The Morgan fingerprint density at radius 3 is 2.21 bits per heavy atom. The van der Waals surface area contributed by atoms with E-state index in [1.807, 2.05) is 19.0 Å². The molecule has 2 aromatic rings. The minimum atomic E-state index is -1.77. The Hall–Kier alpha value is -3.07. The van der Waals surface area contributed by atoms with E-state index >= 15 is 0 Å². The fraction of sp³-hybridized carbons (Fsp3) is 0.400. The predicted octanol–water partition coefficient (Wildman–Crippen LogP) is 1.72. The van der Waals surface area contributed by atoms with Gasteiger partial charge in [-0.2, -0.15) is 0 Å². The van der Waals surface area contributed by atoms with Gasteiger partial charge in [-0.15, -0.1) is 0 Å². The van der Waals surface area contributed by atoms with Crippen molar-refractivity contribution in [1.82, 2.24) is 10.2 Å². The van der Waals surface area contributed by atoms with Crippen molar-refractivity contribution in [1.29, 1.82) is 0 Å². The topological polar surface area (TPSA) is 127 Å². The number of Topliss-reactive ketones (excluding diaryl/α,β-unsaturated/α-hetero) is 1. The van der Waals surface area contributed by atoms with Gasteiger partial charge in [0.1, 0.15) is 17.1 Å². The SMILES string of the molecule is CC(=O)C1(O)Cc2c(O)c3c(c(O)c2C(NCCCN(C)C)C1)C(=O)c1ccccc1C3=O. The molecule has 2 unspecified atom stereocenters. The lowest BCUT2D eigenvalue weighted by Gasteiger charge is -2.39. The second-order valence-electron chi connectivity index (χ2n) is 9.18. The molecule has 2 aromatic carbocycles. The third kappa shape index (κ3) is 3.74. The van der Waals surface area contributed by atoms with E-state index in [1.54, 1.807) is 12.1 Å². The van der Waals surface area contributed by atoms with Crippen LogP contribution in [0.4, 0.5) is 0 Å². The molecule has 0 spiro atoms. The molecule has 0 amide bonds. The molecule has 8 nitrogen and oxygen atoms in total. The number of carbonyl (C=O) groups is 3. The van der Waals surface area contributed by atoms with Crippen LogP contribution in [0.25, 0.3) is 0 Å². The number of nitrogens with zero attached hydrogens (tertiary/aromatic N) is 1. The monoisotopic (exact) mass is 452 g/mol.